The molecule has 2 aromatic rings. The SMILES string of the molecule is CCOc1cc(C(=O)OC(C)C(=O)Nc2ccc(C(C)=O)cc2)ccc1OC. The molecule has 0 aromatic heterocycles. The van der Waals surface area contributed by atoms with Crippen molar-refractivity contribution in [3.05, 3.63) is 53.6 Å². The fourth-order valence-electron chi connectivity index (χ4n) is 2.39. The Kier molecular flexibility index (Phi) is 7.14. The molecule has 0 aliphatic heterocycles. The average molecular weight is 385 g/mol. The molecule has 0 saturated heterocycles. The predicted octanol–water partition coefficient (Wildman–Crippen LogP) is 3.48. The van der Waals surface area contributed by atoms with Crippen LogP contribution in [0.2, 0.25) is 0 Å². The maximum Gasteiger partial charge on any atom is 0.339 e. The first kappa shape index (κ1) is 21.0. The molecule has 2 aromatic carbocycles. The number of rotatable bonds is 8. The molecule has 148 valence electrons. The zero-order chi connectivity index (χ0) is 20.7. The molecule has 28 heavy (non-hydrogen) atoms. The molecule has 0 aliphatic carbocycles. The number of methoxy groups -OCH3 is 1. The van der Waals surface area contributed by atoms with Crippen molar-refractivity contribution in [3.63, 3.8) is 0 Å². The molecule has 0 bridgehead atoms. The van der Waals surface area contributed by atoms with E-state index in [0.717, 1.165) is 0 Å². The van der Waals surface area contributed by atoms with Crippen molar-refractivity contribution in [3.8, 4) is 11.5 Å². The third kappa shape index (κ3) is 5.33. The van der Waals surface area contributed by atoms with Crippen molar-refractivity contribution in [1.29, 1.82) is 0 Å². The molecule has 0 spiro atoms. The fourth-order valence-corrected chi connectivity index (χ4v) is 2.39. The Hall–Kier alpha value is -3.35. The van der Waals surface area contributed by atoms with Gasteiger partial charge in [0.2, 0.25) is 0 Å². The number of benzene rings is 2. The molecule has 1 atom stereocenters. The van der Waals surface area contributed by atoms with E-state index in [4.69, 9.17) is 14.2 Å². The number of Topliss-reactive ketones (excluding diaryl/α,β-unsaturated/α-hetero) is 1. The second kappa shape index (κ2) is 9.55. The van der Waals surface area contributed by atoms with Crippen LogP contribution in [0.25, 0.3) is 0 Å². The Labute approximate surface area is 163 Å². The smallest absolute Gasteiger partial charge is 0.339 e. The summed E-state index contributed by atoms with van der Waals surface area (Å²) in [5.74, 6) is -0.285. The third-order valence-electron chi connectivity index (χ3n) is 3.91. The van der Waals surface area contributed by atoms with Gasteiger partial charge in [-0.3, -0.25) is 9.59 Å². The minimum absolute atomic E-state index is 0.0638. The van der Waals surface area contributed by atoms with Gasteiger partial charge in [-0.1, -0.05) is 0 Å². The maximum atomic E-state index is 12.4. The van der Waals surface area contributed by atoms with Crippen LogP contribution >= 0.6 is 0 Å². The molecule has 1 unspecified atom stereocenters. The van der Waals surface area contributed by atoms with Gasteiger partial charge in [-0.25, -0.2) is 4.79 Å². The molecular weight excluding hydrogens is 362 g/mol. The molecule has 0 heterocycles. The number of carbonyl (C=O) groups excluding carboxylic acids is 3. The molecule has 0 fully saturated rings. The molecule has 0 aliphatic rings. The molecule has 1 N–H and O–H groups in total. The number of amides is 1. The highest BCUT2D eigenvalue weighted by Gasteiger charge is 2.20. The number of ether oxygens (including phenoxy) is 3. The summed E-state index contributed by atoms with van der Waals surface area (Å²) in [4.78, 5) is 35.9. The minimum atomic E-state index is -1.02. The second-order valence-corrected chi connectivity index (χ2v) is 5.97. The van der Waals surface area contributed by atoms with Crippen molar-refractivity contribution in [1.82, 2.24) is 0 Å². The Balaban J connectivity index is 2.02. The Bertz CT molecular complexity index is 860. The summed E-state index contributed by atoms with van der Waals surface area (Å²) in [7, 11) is 1.51. The van der Waals surface area contributed by atoms with Gasteiger partial charge in [0.1, 0.15) is 0 Å². The van der Waals surface area contributed by atoms with E-state index in [0.29, 0.717) is 29.4 Å². The third-order valence-corrected chi connectivity index (χ3v) is 3.91. The maximum absolute atomic E-state index is 12.4. The number of carbonyl (C=O) groups is 3. The van der Waals surface area contributed by atoms with Crippen LogP contribution in [0, 0.1) is 0 Å². The molecule has 0 saturated carbocycles. The van der Waals surface area contributed by atoms with E-state index in [9.17, 15) is 14.4 Å². The predicted molar refractivity (Wildman–Crippen MR) is 104 cm³/mol. The van der Waals surface area contributed by atoms with E-state index in [-0.39, 0.29) is 11.3 Å². The lowest BCUT2D eigenvalue weighted by Gasteiger charge is -2.15. The van der Waals surface area contributed by atoms with Crippen molar-refractivity contribution in [2.45, 2.75) is 26.9 Å². The van der Waals surface area contributed by atoms with Crippen LogP contribution in [-0.4, -0.2) is 37.5 Å². The first-order valence-electron chi connectivity index (χ1n) is 8.79. The number of anilines is 1. The number of nitrogens with one attached hydrogen (secondary N) is 1. The highest BCUT2D eigenvalue weighted by Crippen LogP contribution is 2.28. The van der Waals surface area contributed by atoms with Gasteiger partial charge in [0.05, 0.1) is 19.3 Å². The number of hydrogen-bond acceptors (Lipinski definition) is 6. The van der Waals surface area contributed by atoms with Gasteiger partial charge in [0.15, 0.2) is 23.4 Å². The van der Waals surface area contributed by atoms with Crippen molar-refractivity contribution in [2.24, 2.45) is 0 Å². The van der Waals surface area contributed by atoms with Gasteiger partial charge in [0, 0.05) is 11.3 Å². The zero-order valence-electron chi connectivity index (χ0n) is 16.3. The summed E-state index contributed by atoms with van der Waals surface area (Å²) in [6, 6.07) is 11.1. The van der Waals surface area contributed by atoms with E-state index in [1.807, 2.05) is 6.92 Å². The summed E-state index contributed by atoms with van der Waals surface area (Å²) in [5, 5.41) is 2.64. The van der Waals surface area contributed by atoms with Crippen LogP contribution in [0.3, 0.4) is 0 Å². The lowest BCUT2D eigenvalue weighted by molar-refractivity contribution is -0.123. The van der Waals surface area contributed by atoms with Gasteiger partial charge in [-0.2, -0.15) is 0 Å². The summed E-state index contributed by atoms with van der Waals surface area (Å²) in [6.07, 6.45) is -1.02. The lowest BCUT2D eigenvalue weighted by Crippen LogP contribution is -2.30. The summed E-state index contributed by atoms with van der Waals surface area (Å²) < 4.78 is 15.9. The highest BCUT2D eigenvalue weighted by molar-refractivity contribution is 5.98. The highest BCUT2D eigenvalue weighted by atomic mass is 16.5. The van der Waals surface area contributed by atoms with Crippen LogP contribution in [0.4, 0.5) is 5.69 Å². The first-order chi connectivity index (χ1) is 13.3. The molecule has 2 rings (SSSR count). The van der Waals surface area contributed by atoms with Crippen LogP contribution in [0.15, 0.2) is 42.5 Å². The summed E-state index contributed by atoms with van der Waals surface area (Å²) in [6.45, 7) is 5.17. The van der Waals surface area contributed by atoms with Crippen LogP contribution in [-0.2, 0) is 9.53 Å². The van der Waals surface area contributed by atoms with E-state index in [2.05, 4.69) is 5.32 Å². The molecule has 7 heteroatoms. The first-order valence-corrected chi connectivity index (χ1v) is 8.79. The standard InChI is InChI=1S/C21H23NO6/c1-5-27-19-12-16(8-11-18(19)26-4)21(25)28-14(3)20(24)22-17-9-6-15(7-10-17)13(2)23/h6-12,14H,5H2,1-4H3,(H,22,24). The number of ketones is 1. The summed E-state index contributed by atoms with van der Waals surface area (Å²) in [5.41, 5.74) is 1.29. The Morgan fingerprint density at radius 2 is 1.64 bits per heavy atom. The number of esters is 1. The topological polar surface area (TPSA) is 90.9 Å². The molecule has 7 nitrogen and oxygen atoms in total. The normalized spacial score (nSPS) is 11.3. The van der Waals surface area contributed by atoms with Crippen LogP contribution in [0.1, 0.15) is 41.5 Å². The fraction of sp³-hybridized carbons (Fsp3) is 0.286. The van der Waals surface area contributed by atoms with Gasteiger partial charge < -0.3 is 19.5 Å². The Morgan fingerprint density at radius 1 is 1.00 bits per heavy atom. The Morgan fingerprint density at radius 3 is 2.21 bits per heavy atom. The zero-order valence-corrected chi connectivity index (χ0v) is 16.3. The monoisotopic (exact) mass is 385 g/mol. The summed E-state index contributed by atoms with van der Waals surface area (Å²) >= 11 is 0. The minimum Gasteiger partial charge on any atom is -0.493 e. The van der Waals surface area contributed by atoms with E-state index >= 15 is 0 Å². The van der Waals surface area contributed by atoms with Crippen LogP contribution in [0.5, 0.6) is 11.5 Å². The van der Waals surface area contributed by atoms with Gasteiger partial charge in [-0.15, -0.1) is 0 Å². The van der Waals surface area contributed by atoms with Gasteiger partial charge in [0.25, 0.3) is 5.91 Å². The molecule has 1 amide bonds. The quantitative estimate of drug-likeness (QED) is 0.553. The van der Waals surface area contributed by atoms with Crippen LogP contribution < -0.4 is 14.8 Å². The van der Waals surface area contributed by atoms with E-state index in [1.54, 1.807) is 30.3 Å². The number of hydrogen-bond donors (Lipinski definition) is 1. The van der Waals surface area contributed by atoms with E-state index in [1.165, 1.54) is 33.1 Å². The van der Waals surface area contributed by atoms with Gasteiger partial charge in [-0.05, 0) is 63.2 Å². The van der Waals surface area contributed by atoms with E-state index < -0.39 is 18.0 Å². The average Bonchev–Trinajstić information content (AvgIpc) is 2.68. The second-order valence-electron chi connectivity index (χ2n) is 5.97. The van der Waals surface area contributed by atoms with Crippen molar-refractivity contribution in [2.75, 3.05) is 19.0 Å². The molecule has 0 radical (unpaired) electrons. The van der Waals surface area contributed by atoms with Crippen molar-refractivity contribution < 1.29 is 28.6 Å². The van der Waals surface area contributed by atoms with Crippen molar-refractivity contribution >= 4 is 23.3 Å². The largest absolute Gasteiger partial charge is 0.493 e. The lowest BCUT2D eigenvalue weighted by atomic mass is 10.1. The molecular formula is C21H23NO6. The van der Waals surface area contributed by atoms with Gasteiger partial charge >= 0.3 is 5.97 Å².